The lowest BCUT2D eigenvalue weighted by Gasteiger charge is -2.30. The summed E-state index contributed by atoms with van der Waals surface area (Å²) in [4.78, 5) is 8.73. The van der Waals surface area contributed by atoms with E-state index >= 15 is 0 Å². The van der Waals surface area contributed by atoms with Crippen LogP contribution in [0.4, 0.5) is 11.6 Å². The van der Waals surface area contributed by atoms with Gasteiger partial charge in [-0.1, -0.05) is 31.5 Å². The fourth-order valence-electron chi connectivity index (χ4n) is 2.38. The Bertz CT molecular complexity index is 376. The van der Waals surface area contributed by atoms with Crippen molar-refractivity contribution in [1.29, 1.82) is 0 Å². The maximum absolute atomic E-state index is 5.43. The smallest absolute Gasteiger partial charge is 0.191 e. The zero-order valence-corrected chi connectivity index (χ0v) is 11.8. The van der Waals surface area contributed by atoms with Crippen LogP contribution >= 0.6 is 11.8 Å². The van der Waals surface area contributed by atoms with Gasteiger partial charge in [0.05, 0.1) is 0 Å². The number of anilines is 2. The average Bonchev–Trinajstić information content (AvgIpc) is 2.41. The topological polar surface area (TPSA) is 75.9 Å². The van der Waals surface area contributed by atoms with Crippen LogP contribution in [0.15, 0.2) is 11.2 Å². The van der Waals surface area contributed by atoms with E-state index in [0.29, 0.717) is 17.8 Å². The summed E-state index contributed by atoms with van der Waals surface area (Å²) in [6, 6.07) is 2.37. The molecule has 0 aliphatic heterocycles. The predicted octanol–water partition coefficient (Wildman–Crippen LogP) is 2.47. The summed E-state index contributed by atoms with van der Waals surface area (Å²) < 4.78 is 0. The highest BCUT2D eigenvalue weighted by atomic mass is 32.2. The van der Waals surface area contributed by atoms with Crippen molar-refractivity contribution >= 4 is 23.4 Å². The molecule has 1 saturated carbocycles. The standard InChI is InChI=1S/C12H21N5S/c1-8-5-3-4-6-9(8)14-10-7-11(17-13)16-12(15-10)18-2/h7-9H,3-6,13H2,1-2H3,(H2,14,15,16,17). The van der Waals surface area contributed by atoms with Gasteiger partial charge in [0.2, 0.25) is 0 Å². The second-order valence-electron chi connectivity index (χ2n) is 4.78. The number of nitrogens with two attached hydrogens (primary N) is 1. The summed E-state index contributed by atoms with van der Waals surface area (Å²) in [6.45, 7) is 2.30. The lowest BCUT2D eigenvalue weighted by molar-refractivity contribution is 0.349. The molecule has 1 aliphatic rings. The monoisotopic (exact) mass is 267 g/mol. The van der Waals surface area contributed by atoms with Crippen molar-refractivity contribution < 1.29 is 0 Å². The lowest BCUT2D eigenvalue weighted by Crippen LogP contribution is -2.30. The molecule has 1 aromatic heterocycles. The first-order valence-electron chi connectivity index (χ1n) is 6.39. The van der Waals surface area contributed by atoms with Gasteiger partial charge in [-0.3, -0.25) is 0 Å². The van der Waals surface area contributed by atoms with E-state index in [1.165, 1.54) is 37.4 Å². The summed E-state index contributed by atoms with van der Waals surface area (Å²) in [6.07, 6.45) is 7.10. The molecule has 1 fully saturated rings. The molecule has 1 heterocycles. The Kier molecular flexibility index (Phi) is 4.66. The van der Waals surface area contributed by atoms with Gasteiger partial charge in [0.15, 0.2) is 5.16 Å². The number of nitrogens with zero attached hydrogens (tertiary/aromatic N) is 2. The van der Waals surface area contributed by atoms with Crippen LogP contribution in [0.2, 0.25) is 0 Å². The Morgan fingerprint density at radius 2 is 2.00 bits per heavy atom. The zero-order valence-electron chi connectivity index (χ0n) is 10.9. The quantitative estimate of drug-likeness (QED) is 0.337. The number of thioether (sulfide) groups is 1. The van der Waals surface area contributed by atoms with Crippen LogP contribution in [0.3, 0.4) is 0 Å². The number of rotatable bonds is 4. The molecule has 0 amide bonds. The third kappa shape index (κ3) is 3.26. The van der Waals surface area contributed by atoms with Gasteiger partial charge in [-0.25, -0.2) is 15.8 Å². The minimum absolute atomic E-state index is 0.508. The first kappa shape index (κ1) is 13.4. The highest BCUT2D eigenvalue weighted by Crippen LogP contribution is 2.27. The second kappa shape index (κ2) is 6.24. The lowest BCUT2D eigenvalue weighted by atomic mass is 9.86. The van der Waals surface area contributed by atoms with Crippen LogP contribution in [0, 0.1) is 5.92 Å². The van der Waals surface area contributed by atoms with E-state index in [2.05, 4.69) is 27.6 Å². The SMILES string of the molecule is CSc1nc(NN)cc(NC2CCCCC2C)n1. The van der Waals surface area contributed by atoms with E-state index in [1.807, 2.05) is 12.3 Å². The molecule has 1 aliphatic carbocycles. The number of hydrogen-bond donors (Lipinski definition) is 3. The molecular formula is C12H21N5S. The van der Waals surface area contributed by atoms with Gasteiger partial charge in [0.25, 0.3) is 0 Å². The third-order valence-corrected chi connectivity index (χ3v) is 4.03. The van der Waals surface area contributed by atoms with E-state index in [9.17, 15) is 0 Å². The first-order chi connectivity index (χ1) is 8.72. The molecule has 100 valence electrons. The third-order valence-electron chi connectivity index (χ3n) is 3.48. The van der Waals surface area contributed by atoms with Gasteiger partial charge in [0, 0.05) is 12.1 Å². The van der Waals surface area contributed by atoms with Gasteiger partial charge in [-0.05, 0) is 25.0 Å². The summed E-state index contributed by atoms with van der Waals surface area (Å²) in [5, 5.41) is 4.25. The Morgan fingerprint density at radius 3 is 2.67 bits per heavy atom. The van der Waals surface area contributed by atoms with Gasteiger partial charge < -0.3 is 10.7 Å². The van der Waals surface area contributed by atoms with Crippen LogP contribution < -0.4 is 16.6 Å². The van der Waals surface area contributed by atoms with Crippen molar-refractivity contribution in [3.8, 4) is 0 Å². The average molecular weight is 267 g/mol. The summed E-state index contributed by atoms with van der Waals surface area (Å²) in [5.74, 6) is 7.64. The fraction of sp³-hybridized carbons (Fsp3) is 0.667. The van der Waals surface area contributed by atoms with Crippen LogP contribution in [0.1, 0.15) is 32.6 Å². The van der Waals surface area contributed by atoms with Gasteiger partial charge >= 0.3 is 0 Å². The molecule has 0 aromatic carbocycles. The molecule has 0 radical (unpaired) electrons. The number of aromatic nitrogens is 2. The normalized spacial score (nSPS) is 23.7. The Hall–Kier alpha value is -1.01. The largest absolute Gasteiger partial charge is 0.367 e. The number of hydrogen-bond acceptors (Lipinski definition) is 6. The zero-order chi connectivity index (χ0) is 13.0. The Morgan fingerprint density at radius 1 is 1.28 bits per heavy atom. The van der Waals surface area contributed by atoms with E-state index < -0.39 is 0 Å². The van der Waals surface area contributed by atoms with Gasteiger partial charge in [-0.15, -0.1) is 0 Å². The summed E-state index contributed by atoms with van der Waals surface area (Å²) in [5.41, 5.74) is 2.59. The highest BCUT2D eigenvalue weighted by Gasteiger charge is 2.21. The van der Waals surface area contributed by atoms with Crippen molar-refractivity contribution in [3.05, 3.63) is 6.07 Å². The molecule has 5 nitrogen and oxygen atoms in total. The second-order valence-corrected chi connectivity index (χ2v) is 5.56. The number of hydrazine groups is 1. The minimum Gasteiger partial charge on any atom is -0.367 e. The Balaban J connectivity index is 2.12. The van der Waals surface area contributed by atoms with Crippen molar-refractivity contribution in [1.82, 2.24) is 9.97 Å². The summed E-state index contributed by atoms with van der Waals surface area (Å²) in [7, 11) is 0. The maximum atomic E-state index is 5.43. The molecule has 0 saturated heterocycles. The van der Waals surface area contributed by atoms with Crippen LogP contribution in [-0.4, -0.2) is 22.3 Å². The molecule has 4 N–H and O–H groups in total. The first-order valence-corrected chi connectivity index (χ1v) is 7.61. The number of nitrogens with one attached hydrogen (secondary N) is 2. The Labute approximate surface area is 112 Å². The highest BCUT2D eigenvalue weighted by molar-refractivity contribution is 7.98. The van der Waals surface area contributed by atoms with Crippen molar-refractivity contribution in [3.63, 3.8) is 0 Å². The van der Waals surface area contributed by atoms with Crippen LogP contribution in [0.25, 0.3) is 0 Å². The fourth-order valence-corrected chi connectivity index (χ4v) is 2.76. The van der Waals surface area contributed by atoms with Crippen molar-refractivity contribution in [2.75, 3.05) is 17.0 Å². The molecule has 18 heavy (non-hydrogen) atoms. The van der Waals surface area contributed by atoms with E-state index in [4.69, 9.17) is 5.84 Å². The van der Waals surface area contributed by atoms with Crippen LogP contribution in [-0.2, 0) is 0 Å². The molecule has 2 atom stereocenters. The molecule has 0 bridgehead atoms. The predicted molar refractivity (Wildman–Crippen MR) is 76.7 cm³/mol. The number of nitrogen functional groups attached to an aromatic ring is 1. The summed E-state index contributed by atoms with van der Waals surface area (Å²) >= 11 is 1.52. The molecule has 2 unspecified atom stereocenters. The molecule has 1 aromatic rings. The van der Waals surface area contributed by atoms with Crippen LogP contribution in [0.5, 0.6) is 0 Å². The molecule has 0 spiro atoms. The van der Waals surface area contributed by atoms with Crippen molar-refractivity contribution in [2.45, 2.75) is 43.8 Å². The molecular weight excluding hydrogens is 246 g/mol. The minimum atomic E-state index is 0.508. The van der Waals surface area contributed by atoms with E-state index in [1.54, 1.807) is 0 Å². The van der Waals surface area contributed by atoms with Gasteiger partial charge in [-0.2, -0.15) is 0 Å². The van der Waals surface area contributed by atoms with Crippen molar-refractivity contribution in [2.24, 2.45) is 11.8 Å². The van der Waals surface area contributed by atoms with Gasteiger partial charge in [0.1, 0.15) is 11.6 Å². The van der Waals surface area contributed by atoms with E-state index in [0.717, 1.165) is 11.0 Å². The molecule has 6 heteroatoms. The maximum Gasteiger partial charge on any atom is 0.191 e. The van der Waals surface area contributed by atoms with E-state index in [-0.39, 0.29) is 0 Å². The molecule has 2 rings (SSSR count).